The Balaban J connectivity index is 0.000000450. The van der Waals surface area contributed by atoms with Crippen LogP contribution in [0.1, 0.15) is 19.4 Å². The van der Waals surface area contributed by atoms with E-state index in [9.17, 15) is 0 Å². The largest absolute Gasteiger partial charge is 0.473 e. The Morgan fingerprint density at radius 2 is 1.76 bits per heavy atom. The molecule has 0 atom stereocenters. The van der Waals surface area contributed by atoms with E-state index in [0.717, 1.165) is 39.3 Å². The third-order valence-electron chi connectivity index (χ3n) is 3.68. The molecule has 138 valence electrons. The Morgan fingerprint density at radius 1 is 1.08 bits per heavy atom. The maximum Gasteiger partial charge on any atom is 0.414 e. The van der Waals surface area contributed by atoms with Crippen molar-refractivity contribution in [2.45, 2.75) is 20.3 Å². The van der Waals surface area contributed by atoms with Crippen LogP contribution in [-0.4, -0.2) is 59.9 Å². The lowest BCUT2D eigenvalue weighted by atomic mass is 10.1. The van der Waals surface area contributed by atoms with Crippen LogP contribution in [0.5, 0.6) is 0 Å². The van der Waals surface area contributed by atoms with Crippen molar-refractivity contribution < 1.29 is 24.5 Å². The smallest absolute Gasteiger partial charge is 0.414 e. The molecule has 2 rings (SSSR count). The van der Waals surface area contributed by atoms with Gasteiger partial charge in [0.1, 0.15) is 0 Å². The summed E-state index contributed by atoms with van der Waals surface area (Å²) in [5, 5.41) is 18.3. The van der Waals surface area contributed by atoms with Gasteiger partial charge in [-0.15, -0.1) is 11.3 Å². The second kappa shape index (κ2) is 11.6. The van der Waals surface area contributed by atoms with Crippen molar-refractivity contribution in [3.05, 3.63) is 35.2 Å². The Kier molecular flexibility index (Phi) is 9.76. The molecule has 0 bridgehead atoms. The summed E-state index contributed by atoms with van der Waals surface area (Å²) in [6.45, 7) is 9.29. The summed E-state index contributed by atoms with van der Waals surface area (Å²) < 4.78 is 7.10. The fourth-order valence-corrected chi connectivity index (χ4v) is 3.03. The zero-order valence-corrected chi connectivity index (χ0v) is 15.4. The Morgan fingerprint density at radius 3 is 2.36 bits per heavy atom. The minimum Gasteiger partial charge on any atom is -0.473 e. The summed E-state index contributed by atoms with van der Waals surface area (Å²) in [6.07, 6.45) is 1.01. The second-order valence-corrected chi connectivity index (χ2v) is 6.24. The van der Waals surface area contributed by atoms with Gasteiger partial charge >= 0.3 is 11.9 Å². The van der Waals surface area contributed by atoms with Crippen LogP contribution in [-0.2, 0) is 20.7 Å². The number of aliphatic carboxylic acids is 2. The van der Waals surface area contributed by atoms with E-state index in [4.69, 9.17) is 24.5 Å². The summed E-state index contributed by atoms with van der Waals surface area (Å²) in [4.78, 5) is 20.6. The molecular formula is C18H25NO5S. The quantitative estimate of drug-likeness (QED) is 0.551. The number of thiophene rings is 1. The molecule has 7 heteroatoms. The molecule has 0 saturated carbocycles. The zero-order valence-electron chi connectivity index (χ0n) is 14.6. The Labute approximate surface area is 151 Å². The van der Waals surface area contributed by atoms with Gasteiger partial charge in [0.05, 0.1) is 13.2 Å². The number of ether oxygens (including phenoxy) is 1. The van der Waals surface area contributed by atoms with Gasteiger partial charge in [0, 0.05) is 11.2 Å². The molecule has 6 nitrogen and oxygen atoms in total. The van der Waals surface area contributed by atoms with Crippen LogP contribution in [0.25, 0.3) is 10.1 Å². The van der Waals surface area contributed by atoms with Crippen molar-refractivity contribution in [3.63, 3.8) is 0 Å². The van der Waals surface area contributed by atoms with Crippen LogP contribution in [0, 0.1) is 0 Å². The zero-order chi connectivity index (χ0) is 18.7. The minimum atomic E-state index is -1.82. The number of carbonyl (C=O) groups is 2. The van der Waals surface area contributed by atoms with E-state index in [2.05, 4.69) is 48.4 Å². The number of likely N-dealkylation sites (N-methyl/N-ethyl adjacent to an activating group) is 1. The highest BCUT2D eigenvalue weighted by molar-refractivity contribution is 7.17. The van der Waals surface area contributed by atoms with E-state index >= 15 is 0 Å². The van der Waals surface area contributed by atoms with E-state index in [1.54, 1.807) is 0 Å². The van der Waals surface area contributed by atoms with E-state index in [1.165, 1.54) is 15.6 Å². The number of hydrogen-bond donors (Lipinski definition) is 2. The molecule has 0 aliphatic rings. The van der Waals surface area contributed by atoms with Gasteiger partial charge in [0.2, 0.25) is 0 Å². The topological polar surface area (TPSA) is 87.1 Å². The molecular weight excluding hydrogens is 342 g/mol. The Hall–Kier alpha value is -1.96. The average Bonchev–Trinajstić information content (AvgIpc) is 3.06. The highest BCUT2D eigenvalue weighted by Gasteiger charge is 2.04. The molecule has 0 fully saturated rings. The molecule has 0 saturated heterocycles. The van der Waals surface area contributed by atoms with Crippen LogP contribution < -0.4 is 0 Å². The molecule has 0 aliphatic heterocycles. The number of carboxylic acid groups (broad SMARTS) is 2. The van der Waals surface area contributed by atoms with Gasteiger partial charge in [-0.1, -0.05) is 26.0 Å². The highest BCUT2D eigenvalue weighted by atomic mass is 32.1. The normalized spacial score (nSPS) is 10.5. The molecule has 0 spiro atoms. The fraction of sp³-hybridized carbons (Fsp3) is 0.444. The standard InChI is InChI=1S/C16H23NOS.C2H2O4/c1-3-17(4-2)9-11-18-10-7-14-5-6-15-8-12-19-16(15)13-14;3-1(4)2(5)6/h5-6,8,12-13H,3-4,7,9-11H2,1-2H3;(H,3,4)(H,5,6). The van der Waals surface area contributed by atoms with Gasteiger partial charge in [-0.25, -0.2) is 9.59 Å². The summed E-state index contributed by atoms with van der Waals surface area (Å²) in [5.41, 5.74) is 1.37. The first-order chi connectivity index (χ1) is 12.0. The first kappa shape index (κ1) is 21.1. The SMILES string of the molecule is CCN(CC)CCOCCc1ccc2ccsc2c1.O=C(O)C(=O)O. The van der Waals surface area contributed by atoms with Crippen molar-refractivity contribution >= 4 is 33.4 Å². The Bertz CT molecular complexity index is 654. The summed E-state index contributed by atoms with van der Waals surface area (Å²) in [6, 6.07) is 8.87. The number of benzene rings is 1. The van der Waals surface area contributed by atoms with Crippen LogP contribution in [0.4, 0.5) is 0 Å². The van der Waals surface area contributed by atoms with Gasteiger partial charge in [-0.05, 0) is 48.0 Å². The van der Waals surface area contributed by atoms with Gasteiger partial charge in [-0.2, -0.15) is 0 Å². The van der Waals surface area contributed by atoms with Crippen molar-refractivity contribution in [1.29, 1.82) is 0 Å². The highest BCUT2D eigenvalue weighted by Crippen LogP contribution is 2.21. The van der Waals surface area contributed by atoms with E-state index in [1.807, 2.05) is 11.3 Å². The number of carboxylic acids is 2. The first-order valence-electron chi connectivity index (χ1n) is 8.20. The van der Waals surface area contributed by atoms with Gasteiger partial charge in [0.15, 0.2) is 0 Å². The third-order valence-corrected chi connectivity index (χ3v) is 4.56. The molecule has 1 aromatic heterocycles. The van der Waals surface area contributed by atoms with E-state index in [-0.39, 0.29) is 0 Å². The maximum atomic E-state index is 9.10. The minimum absolute atomic E-state index is 0.818. The maximum absolute atomic E-state index is 9.10. The fourth-order valence-electron chi connectivity index (χ4n) is 2.18. The van der Waals surface area contributed by atoms with Gasteiger partial charge < -0.3 is 19.8 Å². The molecule has 0 radical (unpaired) electrons. The van der Waals surface area contributed by atoms with Crippen molar-refractivity contribution in [1.82, 2.24) is 4.90 Å². The first-order valence-corrected chi connectivity index (χ1v) is 9.08. The summed E-state index contributed by atoms with van der Waals surface area (Å²) in [7, 11) is 0. The molecule has 25 heavy (non-hydrogen) atoms. The van der Waals surface area contributed by atoms with Crippen LogP contribution in [0.2, 0.25) is 0 Å². The summed E-state index contributed by atoms with van der Waals surface area (Å²) >= 11 is 1.81. The van der Waals surface area contributed by atoms with Gasteiger partial charge in [-0.3, -0.25) is 0 Å². The van der Waals surface area contributed by atoms with Crippen LogP contribution in [0.3, 0.4) is 0 Å². The predicted molar refractivity (Wildman–Crippen MR) is 99.4 cm³/mol. The second-order valence-electron chi connectivity index (χ2n) is 5.29. The summed E-state index contributed by atoms with van der Waals surface area (Å²) in [5.74, 6) is -3.65. The van der Waals surface area contributed by atoms with Gasteiger partial charge in [0.25, 0.3) is 0 Å². The molecule has 2 aromatic rings. The van der Waals surface area contributed by atoms with E-state index < -0.39 is 11.9 Å². The van der Waals surface area contributed by atoms with E-state index in [0.29, 0.717) is 0 Å². The van der Waals surface area contributed by atoms with Crippen molar-refractivity contribution in [2.24, 2.45) is 0 Å². The average molecular weight is 367 g/mol. The van der Waals surface area contributed by atoms with Crippen molar-refractivity contribution in [2.75, 3.05) is 32.8 Å². The van der Waals surface area contributed by atoms with Crippen LogP contribution in [0.15, 0.2) is 29.6 Å². The molecule has 0 amide bonds. The molecule has 0 unspecified atom stereocenters. The molecule has 1 aromatic carbocycles. The lowest BCUT2D eigenvalue weighted by molar-refractivity contribution is -0.159. The number of hydrogen-bond acceptors (Lipinski definition) is 5. The monoisotopic (exact) mass is 367 g/mol. The number of nitrogens with zero attached hydrogens (tertiary/aromatic N) is 1. The lowest BCUT2D eigenvalue weighted by Gasteiger charge is -2.17. The number of rotatable bonds is 8. The molecule has 2 N–H and O–H groups in total. The number of fused-ring (bicyclic) bond motifs is 1. The van der Waals surface area contributed by atoms with Crippen molar-refractivity contribution in [3.8, 4) is 0 Å². The predicted octanol–water partition coefficient (Wildman–Crippen LogP) is 2.96. The molecule has 1 heterocycles. The third kappa shape index (κ3) is 8.11. The lowest BCUT2D eigenvalue weighted by Crippen LogP contribution is -2.27. The molecule has 0 aliphatic carbocycles. The van der Waals surface area contributed by atoms with Crippen LogP contribution >= 0.6 is 11.3 Å².